The van der Waals surface area contributed by atoms with Crippen molar-refractivity contribution in [3.63, 3.8) is 0 Å². The molecule has 2 heterocycles. The molecule has 0 bridgehead atoms. The van der Waals surface area contributed by atoms with Gasteiger partial charge in [-0.1, -0.05) is 29.7 Å². The van der Waals surface area contributed by atoms with Gasteiger partial charge in [-0.15, -0.1) is 0 Å². The molecule has 0 saturated carbocycles. The van der Waals surface area contributed by atoms with Gasteiger partial charge < -0.3 is 9.09 Å². The second-order valence-electron chi connectivity index (χ2n) is 6.29. The number of nitrogens with zero attached hydrogens (tertiary/aromatic N) is 4. The molecule has 0 N–H and O–H groups in total. The summed E-state index contributed by atoms with van der Waals surface area (Å²) in [6, 6.07) is 8.48. The van der Waals surface area contributed by atoms with Gasteiger partial charge in [0.25, 0.3) is 5.89 Å². The number of fused-ring (bicyclic) bond motifs is 1. The molecule has 150 valence electrons. The van der Waals surface area contributed by atoms with E-state index in [1.54, 1.807) is 0 Å². The standard InChI is InChI=1S/C19H13BrClF3N4O/c1-2-15-26-17-13(7-6-12(20)16(17)21)28(15)9-14-25-18(29-27-14)10-4-3-5-11(8-10)19(22,23)24/h3-8H,2,9H2,1H3. The molecule has 4 rings (SSSR count). The van der Waals surface area contributed by atoms with Crippen molar-refractivity contribution in [2.45, 2.75) is 26.1 Å². The number of imidazole rings is 1. The van der Waals surface area contributed by atoms with Crippen LogP contribution in [0.15, 0.2) is 45.4 Å². The third-order valence-corrected chi connectivity index (χ3v) is 5.68. The van der Waals surface area contributed by atoms with Crippen molar-refractivity contribution in [2.75, 3.05) is 0 Å². The molecule has 0 atom stereocenters. The molecule has 4 aromatic rings. The fourth-order valence-electron chi connectivity index (χ4n) is 3.03. The first-order valence-corrected chi connectivity index (χ1v) is 9.78. The van der Waals surface area contributed by atoms with Crippen LogP contribution in [-0.4, -0.2) is 19.7 Å². The van der Waals surface area contributed by atoms with Crippen molar-refractivity contribution in [3.05, 3.63) is 63.1 Å². The molecule has 0 spiro atoms. The quantitative estimate of drug-likeness (QED) is 0.349. The third kappa shape index (κ3) is 3.76. The summed E-state index contributed by atoms with van der Waals surface area (Å²) in [7, 11) is 0. The van der Waals surface area contributed by atoms with E-state index in [4.69, 9.17) is 16.1 Å². The van der Waals surface area contributed by atoms with Crippen molar-refractivity contribution in [1.29, 1.82) is 0 Å². The highest BCUT2D eigenvalue weighted by Crippen LogP contribution is 2.33. The van der Waals surface area contributed by atoms with Crippen LogP contribution >= 0.6 is 27.5 Å². The molecule has 2 aromatic carbocycles. The first kappa shape index (κ1) is 19.9. The average molecular weight is 486 g/mol. The third-order valence-electron chi connectivity index (χ3n) is 4.41. The highest BCUT2D eigenvalue weighted by Gasteiger charge is 2.31. The van der Waals surface area contributed by atoms with Gasteiger partial charge in [-0.3, -0.25) is 0 Å². The lowest BCUT2D eigenvalue weighted by atomic mass is 10.1. The Kier molecular flexibility index (Phi) is 5.12. The van der Waals surface area contributed by atoms with Gasteiger partial charge in [0.2, 0.25) is 0 Å². The number of aryl methyl sites for hydroxylation is 1. The minimum Gasteiger partial charge on any atom is -0.334 e. The van der Waals surface area contributed by atoms with Crippen LogP contribution in [0.3, 0.4) is 0 Å². The smallest absolute Gasteiger partial charge is 0.334 e. The van der Waals surface area contributed by atoms with Crippen molar-refractivity contribution in [2.24, 2.45) is 0 Å². The van der Waals surface area contributed by atoms with Crippen LogP contribution in [-0.2, 0) is 19.1 Å². The van der Waals surface area contributed by atoms with Gasteiger partial charge in [0.1, 0.15) is 11.3 Å². The lowest BCUT2D eigenvalue weighted by molar-refractivity contribution is -0.137. The Hall–Kier alpha value is -2.39. The Morgan fingerprint density at radius 2 is 1.97 bits per heavy atom. The zero-order chi connectivity index (χ0) is 20.8. The Bertz CT molecular complexity index is 1200. The first-order valence-electron chi connectivity index (χ1n) is 8.61. The summed E-state index contributed by atoms with van der Waals surface area (Å²) in [4.78, 5) is 8.85. The van der Waals surface area contributed by atoms with Gasteiger partial charge in [0.15, 0.2) is 5.82 Å². The summed E-state index contributed by atoms with van der Waals surface area (Å²) in [6.07, 6.45) is -3.79. The molecule has 0 aliphatic heterocycles. The lowest BCUT2D eigenvalue weighted by Gasteiger charge is -2.06. The number of halogens is 5. The fourth-order valence-corrected chi connectivity index (χ4v) is 3.56. The molecular weight excluding hydrogens is 473 g/mol. The Morgan fingerprint density at radius 3 is 2.69 bits per heavy atom. The van der Waals surface area contributed by atoms with Gasteiger partial charge in [0, 0.05) is 16.5 Å². The Labute approximate surface area is 176 Å². The molecule has 0 radical (unpaired) electrons. The maximum absolute atomic E-state index is 12.9. The van der Waals surface area contributed by atoms with Crippen LogP contribution in [0.2, 0.25) is 5.02 Å². The van der Waals surface area contributed by atoms with Crippen molar-refractivity contribution in [1.82, 2.24) is 19.7 Å². The number of rotatable bonds is 4. The summed E-state index contributed by atoms with van der Waals surface area (Å²) >= 11 is 9.73. The van der Waals surface area contributed by atoms with Gasteiger partial charge in [-0.2, -0.15) is 18.2 Å². The summed E-state index contributed by atoms with van der Waals surface area (Å²) in [5.41, 5.74) is 0.889. The van der Waals surface area contributed by atoms with E-state index in [2.05, 4.69) is 31.1 Å². The largest absolute Gasteiger partial charge is 0.416 e. The number of hydrogen-bond acceptors (Lipinski definition) is 4. The summed E-state index contributed by atoms with van der Waals surface area (Å²) < 4.78 is 46.7. The van der Waals surface area contributed by atoms with Crippen LogP contribution in [0.5, 0.6) is 0 Å². The maximum Gasteiger partial charge on any atom is 0.416 e. The van der Waals surface area contributed by atoms with Gasteiger partial charge in [-0.25, -0.2) is 4.98 Å². The van der Waals surface area contributed by atoms with E-state index in [9.17, 15) is 13.2 Å². The zero-order valence-corrected chi connectivity index (χ0v) is 17.3. The fraction of sp³-hybridized carbons (Fsp3) is 0.211. The molecule has 0 aliphatic rings. The van der Waals surface area contributed by atoms with E-state index in [0.717, 1.165) is 27.9 Å². The van der Waals surface area contributed by atoms with E-state index in [-0.39, 0.29) is 18.0 Å². The molecular formula is C19H13BrClF3N4O. The van der Waals surface area contributed by atoms with Crippen LogP contribution in [0.25, 0.3) is 22.5 Å². The van der Waals surface area contributed by atoms with E-state index in [1.807, 2.05) is 23.6 Å². The second kappa shape index (κ2) is 7.46. The van der Waals surface area contributed by atoms with E-state index < -0.39 is 11.7 Å². The molecule has 5 nitrogen and oxygen atoms in total. The van der Waals surface area contributed by atoms with Gasteiger partial charge >= 0.3 is 6.18 Å². The second-order valence-corrected chi connectivity index (χ2v) is 7.52. The lowest BCUT2D eigenvalue weighted by Crippen LogP contribution is -2.06. The minimum atomic E-state index is -4.45. The van der Waals surface area contributed by atoms with Crippen LogP contribution in [0.4, 0.5) is 13.2 Å². The Morgan fingerprint density at radius 1 is 1.17 bits per heavy atom. The molecule has 0 aliphatic carbocycles. The number of aromatic nitrogens is 4. The normalized spacial score (nSPS) is 12.1. The molecule has 29 heavy (non-hydrogen) atoms. The minimum absolute atomic E-state index is 0.0225. The number of hydrogen-bond donors (Lipinski definition) is 0. The monoisotopic (exact) mass is 484 g/mol. The molecule has 0 fully saturated rings. The van der Waals surface area contributed by atoms with Crippen LogP contribution in [0, 0.1) is 0 Å². The molecule has 2 aromatic heterocycles. The van der Waals surface area contributed by atoms with E-state index >= 15 is 0 Å². The summed E-state index contributed by atoms with van der Waals surface area (Å²) in [6.45, 7) is 2.21. The number of alkyl halides is 3. The summed E-state index contributed by atoms with van der Waals surface area (Å²) in [5, 5.41) is 4.43. The number of benzene rings is 2. The summed E-state index contributed by atoms with van der Waals surface area (Å²) in [5.74, 6) is 1.13. The van der Waals surface area contributed by atoms with Crippen molar-refractivity contribution < 1.29 is 17.7 Å². The van der Waals surface area contributed by atoms with E-state index in [0.29, 0.717) is 22.8 Å². The van der Waals surface area contributed by atoms with Crippen LogP contribution < -0.4 is 0 Å². The molecule has 0 unspecified atom stereocenters. The first-order chi connectivity index (χ1) is 13.8. The van der Waals surface area contributed by atoms with E-state index in [1.165, 1.54) is 12.1 Å². The average Bonchev–Trinajstić information content (AvgIpc) is 3.30. The highest BCUT2D eigenvalue weighted by molar-refractivity contribution is 9.10. The van der Waals surface area contributed by atoms with Gasteiger partial charge in [0.05, 0.1) is 22.6 Å². The van der Waals surface area contributed by atoms with Gasteiger partial charge in [-0.05, 0) is 46.3 Å². The highest BCUT2D eigenvalue weighted by atomic mass is 79.9. The maximum atomic E-state index is 12.9. The predicted molar refractivity (Wildman–Crippen MR) is 106 cm³/mol. The van der Waals surface area contributed by atoms with Crippen molar-refractivity contribution in [3.8, 4) is 11.5 Å². The topological polar surface area (TPSA) is 56.7 Å². The SMILES string of the molecule is CCc1nc2c(Cl)c(Br)ccc2n1Cc1noc(-c2cccc(C(F)(F)F)c2)n1. The molecule has 0 saturated heterocycles. The zero-order valence-electron chi connectivity index (χ0n) is 15.0. The molecule has 10 heteroatoms. The predicted octanol–water partition coefficient (Wildman–Crippen LogP) is 6.13. The Balaban J connectivity index is 1.70. The van der Waals surface area contributed by atoms with Crippen molar-refractivity contribution >= 4 is 38.6 Å². The molecule has 0 amide bonds. The van der Waals surface area contributed by atoms with Crippen LogP contribution in [0.1, 0.15) is 24.1 Å².